The summed E-state index contributed by atoms with van der Waals surface area (Å²) in [5.41, 5.74) is 2.21. The summed E-state index contributed by atoms with van der Waals surface area (Å²) in [7, 11) is -4.03. The maximum atomic E-state index is 9.67. The Morgan fingerprint density at radius 3 is 1.95 bits per heavy atom. The summed E-state index contributed by atoms with van der Waals surface area (Å²) in [6.45, 7) is 31.5. The zero-order chi connectivity index (χ0) is 30.1. The first-order valence-corrected chi connectivity index (χ1v) is 20.9. The third kappa shape index (κ3) is 11.9. The van der Waals surface area contributed by atoms with Crippen molar-refractivity contribution < 1.29 is 18.7 Å². The lowest BCUT2D eigenvalue weighted by Gasteiger charge is -2.46. The molecule has 0 bridgehead atoms. The van der Waals surface area contributed by atoms with E-state index in [1.807, 2.05) is 13.0 Å². The molecule has 1 N–H and O–H groups in total. The average Bonchev–Trinajstić information content (AvgIpc) is 2.83. The number of aliphatic hydroxyl groups is 1. The molecule has 0 spiro atoms. The molecule has 0 fully saturated rings. The Hall–Kier alpha value is -0.766. The molecule has 4 nitrogen and oxygen atoms in total. The first-order valence-electron chi connectivity index (χ1n) is 15.1. The van der Waals surface area contributed by atoms with E-state index in [0.29, 0.717) is 12.5 Å². The van der Waals surface area contributed by atoms with Crippen LogP contribution in [0.4, 0.5) is 0 Å². The van der Waals surface area contributed by atoms with Crippen LogP contribution in [0.15, 0.2) is 42.0 Å². The predicted molar refractivity (Wildman–Crippen MR) is 173 cm³/mol. The molecular formula is C33H62O4Si2. The van der Waals surface area contributed by atoms with Gasteiger partial charge in [0.2, 0.25) is 0 Å². The minimum atomic E-state index is -2.02. The van der Waals surface area contributed by atoms with Crippen LogP contribution in [0, 0.1) is 11.8 Å². The molecule has 0 radical (unpaired) electrons. The van der Waals surface area contributed by atoms with Crippen LogP contribution in [0.25, 0.3) is 0 Å². The Kier molecular flexibility index (Phi) is 14.4. The van der Waals surface area contributed by atoms with Gasteiger partial charge in [0.15, 0.2) is 16.6 Å². The van der Waals surface area contributed by atoms with Gasteiger partial charge in [0.25, 0.3) is 0 Å². The van der Waals surface area contributed by atoms with Gasteiger partial charge in [0, 0.05) is 12.5 Å². The van der Waals surface area contributed by atoms with Gasteiger partial charge in [-0.05, 0) is 73.9 Å². The Labute approximate surface area is 244 Å². The molecule has 226 valence electrons. The maximum Gasteiger partial charge on any atom is 0.192 e. The number of rotatable bonds is 16. The van der Waals surface area contributed by atoms with Gasteiger partial charge >= 0.3 is 0 Å². The van der Waals surface area contributed by atoms with Gasteiger partial charge in [0.05, 0.1) is 25.4 Å². The van der Waals surface area contributed by atoms with Crippen molar-refractivity contribution in [3.05, 3.63) is 47.5 Å². The molecular weight excluding hydrogens is 517 g/mol. The summed E-state index contributed by atoms with van der Waals surface area (Å²) in [6.07, 6.45) is 5.16. The van der Waals surface area contributed by atoms with Crippen LogP contribution in [-0.2, 0) is 20.2 Å². The molecule has 0 unspecified atom stereocenters. The molecule has 0 saturated heterocycles. The Balaban J connectivity index is 3.15. The van der Waals surface area contributed by atoms with Crippen molar-refractivity contribution >= 4 is 16.6 Å². The fourth-order valence-electron chi connectivity index (χ4n) is 4.21. The second-order valence-corrected chi connectivity index (χ2v) is 24.2. The van der Waals surface area contributed by atoms with Crippen LogP contribution in [0.1, 0.15) is 87.1 Å². The summed E-state index contributed by atoms with van der Waals surface area (Å²) < 4.78 is 20.3. The van der Waals surface area contributed by atoms with E-state index in [1.165, 1.54) is 5.56 Å². The smallest absolute Gasteiger partial charge is 0.192 e. The molecule has 1 aromatic rings. The van der Waals surface area contributed by atoms with Crippen molar-refractivity contribution in [2.24, 2.45) is 11.8 Å². The average molecular weight is 579 g/mol. The number of aliphatic hydroxyl groups excluding tert-OH is 1. The number of hydrogen-bond acceptors (Lipinski definition) is 4. The highest BCUT2D eigenvalue weighted by molar-refractivity contribution is 6.74. The summed E-state index contributed by atoms with van der Waals surface area (Å²) in [5.74, 6) is 0.596. The topological polar surface area (TPSA) is 47.9 Å². The summed E-state index contributed by atoms with van der Waals surface area (Å²) in [6, 6.07) is 10.4. The lowest BCUT2D eigenvalue weighted by molar-refractivity contribution is 0.00316. The first kappa shape index (κ1) is 36.3. The summed E-state index contributed by atoms with van der Waals surface area (Å²) in [4.78, 5) is 0. The van der Waals surface area contributed by atoms with E-state index in [1.54, 1.807) is 0 Å². The van der Waals surface area contributed by atoms with Gasteiger partial charge in [0.1, 0.15) is 0 Å². The summed E-state index contributed by atoms with van der Waals surface area (Å²) in [5, 5.41) is 9.92. The molecule has 6 heteroatoms. The molecule has 4 atom stereocenters. The van der Waals surface area contributed by atoms with Gasteiger partial charge in [-0.15, -0.1) is 0 Å². The van der Waals surface area contributed by atoms with E-state index in [4.69, 9.17) is 13.6 Å². The van der Waals surface area contributed by atoms with Crippen LogP contribution >= 0.6 is 0 Å². The Bertz CT molecular complexity index is 853. The molecule has 0 saturated carbocycles. The maximum absolute atomic E-state index is 9.67. The standard InChI is InChI=1S/C33H62O4Si2/c1-26(24-34)21-22-30(36-38(10,11)32(4,5)6)28(3)31(37-39(12,13)33(7,8)9)27(2)18-17-23-35-25-29-19-15-14-16-20-29/h14-16,19-21,27-28,30-31,34H,17-18,22-25H2,1-13H3/b26-21+/t27-,28+,30+,31+/m1/s1. The van der Waals surface area contributed by atoms with Crippen LogP contribution < -0.4 is 0 Å². The normalized spacial score (nSPS) is 17.1. The number of benzene rings is 1. The minimum Gasteiger partial charge on any atom is -0.413 e. The van der Waals surface area contributed by atoms with Crippen LogP contribution in [0.2, 0.25) is 36.3 Å². The van der Waals surface area contributed by atoms with E-state index < -0.39 is 16.6 Å². The van der Waals surface area contributed by atoms with Gasteiger partial charge in [-0.2, -0.15) is 0 Å². The second kappa shape index (κ2) is 15.5. The van der Waals surface area contributed by atoms with E-state index >= 15 is 0 Å². The highest BCUT2D eigenvalue weighted by Crippen LogP contribution is 2.43. The third-order valence-corrected chi connectivity index (χ3v) is 18.1. The monoisotopic (exact) mass is 578 g/mol. The second-order valence-electron chi connectivity index (χ2n) is 14.7. The van der Waals surface area contributed by atoms with Gasteiger partial charge in [-0.3, -0.25) is 0 Å². The molecule has 39 heavy (non-hydrogen) atoms. The molecule has 0 aliphatic rings. The van der Waals surface area contributed by atoms with Crippen molar-refractivity contribution in [3.63, 3.8) is 0 Å². The molecule has 0 aliphatic heterocycles. The Morgan fingerprint density at radius 1 is 0.897 bits per heavy atom. The zero-order valence-electron chi connectivity index (χ0n) is 27.7. The molecule has 0 aliphatic carbocycles. The fraction of sp³-hybridized carbons (Fsp3) is 0.758. The van der Waals surface area contributed by atoms with E-state index in [9.17, 15) is 5.11 Å². The fourth-order valence-corrected chi connectivity index (χ4v) is 7.12. The van der Waals surface area contributed by atoms with Crippen molar-refractivity contribution in [1.82, 2.24) is 0 Å². The first-order chi connectivity index (χ1) is 17.8. The van der Waals surface area contributed by atoms with E-state index in [0.717, 1.165) is 31.4 Å². The molecule has 0 aromatic heterocycles. The van der Waals surface area contributed by atoms with Crippen LogP contribution in [0.5, 0.6) is 0 Å². The summed E-state index contributed by atoms with van der Waals surface area (Å²) >= 11 is 0. The number of ether oxygens (including phenoxy) is 1. The molecule has 1 aromatic carbocycles. The van der Waals surface area contributed by atoms with Crippen LogP contribution in [-0.4, -0.2) is 47.2 Å². The predicted octanol–water partition coefficient (Wildman–Crippen LogP) is 9.37. The van der Waals surface area contributed by atoms with Crippen molar-refractivity contribution in [3.8, 4) is 0 Å². The third-order valence-electron chi connectivity index (χ3n) is 9.16. The van der Waals surface area contributed by atoms with Gasteiger partial charge in [-0.25, -0.2) is 0 Å². The molecule has 0 heterocycles. The van der Waals surface area contributed by atoms with Crippen molar-refractivity contribution in [1.29, 1.82) is 0 Å². The molecule has 0 amide bonds. The Morgan fingerprint density at radius 2 is 1.44 bits per heavy atom. The minimum absolute atomic E-state index is 0.0407. The lowest BCUT2D eigenvalue weighted by atomic mass is 9.85. The van der Waals surface area contributed by atoms with E-state index in [2.05, 4.69) is 112 Å². The lowest BCUT2D eigenvalue weighted by Crippen LogP contribution is -2.52. The number of hydrogen-bond donors (Lipinski definition) is 1. The molecule has 1 rings (SSSR count). The van der Waals surface area contributed by atoms with Crippen molar-refractivity contribution in [2.75, 3.05) is 13.2 Å². The van der Waals surface area contributed by atoms with E-state index in [-0.39, 0.29) is 34.8 Å². The zero-order valence-corrected chi connectivity index (χ0v) is 29.7. The SMILES string of the molecule is C/C(=C\C[C@H](O[Si](C)(C)C(C)(C)C)[C@H](C)[C@@H](O[Si](C)(C)C(C)(C)C)[C@H](C)CCCOCc1ccccc1)CO. The van der Waals surface area contributed by atoms with Gasteiger partial charge in [-0.1, -0.05) is 97.4 Å². The highest BCUT2D eigenvalue weighted by Gasteiger charge is 2.45. The largest absolute Gasteiger partial charge is 0.413 e. The quantitative estimate of drug-likeness (QED) is 0.121. The highest BCUT2D eigenvalue weighted by atomic mass is 28.4. The van der Waals surface area contributed by atoms with Crippen LogP contribution in [0.3, 0.4) is 0 Å². The van der Waals surface area contributed by atoms with Crippen molar-refractivity contribution in [2.45, 2.75) is 137 Å². The van der Waals surface area contributed by atoms with Gasteiger partial charge < -0.3 is 18.7 Å².